The molecule has 0 saturated heterocycles. The maximum Gasteiger partial charge on any atom is 0.416 e. The van der Waals surface area contributed by atoms with Crippen LogP contribution >= 0.6 is 0 Å². The van der Waals surface area contributed by atoms with Crippen LogP contribution in [0.1, 0.15) is 5.56 Å². The number of benzene rings is 3. The number of carbonyl (C=O) groups is 1. The Morgan fingerprint density at radius 3 is 2.22 bits per heavy atom. The van der Waals surface area contributed by atoms with Crippen LogP contribution in [0.4, 0.5) is 24.5 Å². The number of ether oxygens (including phenoxy) is 1. The number of fused-ring (bicyclic) bond motifs is 1. The van der Waals surface area contributed by atoms with E-state index >= 15 is 0 Å². The SMILES string of the molecule is O=C(Nc1ccc(C(F)(F)F)cc1)[C@@H]1CN(S(=O)(=O)c2ccccc2)c2ccccc2O1. The lowest BCUT2D eigenvalue weighted by atomic mass is 10.2. The van der Waals surface area contributed by atoms with Crippen molar-refractivity contribution in [3.63, 3.8) is 0 Å². The van der Waals surface area contributed by atoms with E-state index in [4.69, 9.17) is 4.74 Å². The zero-order chi connectivity index (χ0) is 22.9. The number of rotatable bonds is 4. The predicted octanol–water partition coefficient (Wildman–Crippen LogP) is 4.30. The Morgan fingerprint density at radius 1 is 0.938 bits per heavy atom. The van der Waals surface area contributed by atoms with Crippen molar-refractivity contribution < 1.29 is 31.1 Å². The van der Waals surface area contributed by atoms with Gasteiger partial charge in [0, 0.05) is 5.69 Å². The number of anilines is 2. The minimum Gasteiger partial charge on any atom is -0.476 e. The van der Waals surface area contributed by atoms with E-state index in [-0.39, 0.29) is 28.6 Å². The summed E-state index contributed by atoms with van der Waals surface area (Å²) in [6.45, 7) is -0.305. The molecule has 3 aromatic rings. The van der Waals surface area contributed by atoms with Crippen molar-refractivity contribution in [1.29, 1.82) is 0 Å². The number of alkyl halides is 3. The molecule has 6 nitrogen and oxygen atoms in total. The molecule has 0 radical (unpaired) electrons. The van der Waals surface area contributed by atoms with Crippen molar-refractivity contribution in [2.75, 3.05) is 16.2 Å². The van der Waals surface area contributed by atoms with Crippen LogP contribution in [0.5, 0.6) is 5.75 Å². The molecular formula is C22H17F3N2O4S. The van der Waals surface area contributed by atoms with Crippen LogP contribution in [0.15, 0.2) is 83.8 Å². The summed E-state index contributed by atoms with van der Waals surface area (Å²) < 4.78 is 71.5. The first-order valence-electron chi connectivity index (χ1n) is 9.48. The first kappa shape index (κ1) is 21.7. The lowest BCUT2D eigenvalue weighted by Crippen LogP contribution is -2.48. The first-order valence-corrected chi connectivity index (χ1v) is 10.9. The Bertz CT molecular complexity index is 1230. The third-order valence-corrected chi connectivity index (χ3v) is 6.63. The summed E-state index contributed by atoms with van der Waals surface area (Å²) in [6, 6.07) is 18.1. The summed E-state index contributed by atoms with van der Waals surface area (Å²) in [5, 5.41) is 2.48. The molecule has 0 spiro atoms. The third-order valence-electron chi connectivity index (χ3n) is 4.84. The van der Waals surface area contributed by atoms with Crippen molar-refractivity contribution in [2.24, 2.45) is 0 Å². The second-order valence-corrected chi connectivity index (χ2v) is 8.85. The molecule has 1 N–H and O–H groups in total. The zero-order valence-electron chi connectivity index (χ0n) is 16.4. The smallest absolute Gasteiger partial charge is 0.416 e. The fourth-order valence-electron chi connectivity index (χ4n) is 3.25. The average Bonchev–Trinajstić information content (AvgIpc) is 2.78. The molecule has 1 amide bonds. The molecule has 0 aliphatic carbocycles. The minimum absolute atomic E-state index is 0.0543. The van der Waals surface area contributed by atoms with Crippen molar-refractivity contribution >= 4 is 27.3 Å². The van der Waals surface area contributed by atoms with Gasteiger partial charge in [-0.3, -0.25) is 9.10 Å². The van der Waals surface area contributed by atoms with Gasteiger partial charge in [0.15, 0.2) is 6.10 Å². The molecular weight excluding hydrogens is 445 g/mol. The van der Waals surface area contributed by atoms with Gasteiger partial charge < -0.3 is 10.1 Å². The van der Waals surface area contributed by atoms with Crippen molar-refractivity contribution in [3.05, 3.63) is 84.4 Å². The van der Waals surface area contributed by atoms with E-state index in [1.54, 1.807) is 42.5 Å². The molecule has 0 unspecified atom stereocenters. The van der Waals surface area contributed by atoms with Crippen LogP contribution in [-0.2, 0) is 21.0 Å². The van der Waals surface area contributed by atoms with Crippen LogP contribution in [0, 0.1) is 0 Å². The maximum atomic E-state index is 13.2. The number of halogens is 3. The summed E-state index contributed by atoms with van der Waals surface area (Å²) in [7, 11) is -3.99. The molecule has 10 heteroatoms. The highest BCUT2D eigenvalue weighted by atomic mass is 32.2. The van der Waals surface area contributed by atoms with Gasteiger partial charge in [-0.2, -0.15) is 13.2 Å². The second kappa shape index (κ2) is 8.19. The van der Waals surface area contributed by atoms with E-state index in [1.165, 1.54) is 12.1 Å². The summed E-state index contributed by atoms with van der Waals surface area (Å²) in [6.07, 6.45) is -5.71. The number of nitrogens with one attached hydrogen (secondary N) is 1. The molecule has 1 aliphatic rings. The third kappa shape index (κ3) is 4.26. The lowest BCUT2D eigenvalue weighted by molar-refractivity contribution is -0.137. The molecule has 0 aromatic heterocycles. The number of amides is 1. The summed E-state index contributed by atoms with van der Waals surface area (Å²) in [5.74, 6) is -0.488. The molecule has 1 aliphatic heterocycles. The molecule has 0 bridgehead atoms. The molecule has 1 atom stereocenters. The Balaban J connectivity index is 1.60. The standard InChI is InChI=1S/C22H17F3N2O4S/c23-22(24,25)15-10-12-16(13-11-15)26-21(28)20-14-27(18-8-4-5-9-19(18)31-20)32(29,30)17-6-2-1-3-7-17/h1-13,20H,14H2,(H,26,28)/t20-/m0/s1. The molecule has 0 saturated carbocycles. The molecule has 1 heterocycles. The van der Waals surface area contributed by atoms with Crippen molar-refractivity contribution in [2.45, 2.75) is 17.2 Å². The van der Waals surface area contributed by atoms with Gasteiger partial charge in [0.05, 0.1) is 22.7 Å². The van der Waals surface area contributed by atoms with Gasteiger partial charge in [-0.25, -0.2) is 8.42 Å². The van der Waals surface area contributed by atoms with Gasteiger partial charge in [0.1, 0.15) is 5.75 Å². The predicted molar refractivity (Wildman–Crippen MR) is 112 cm³/mol. The highest BCUT2D eigenvalue weighted by Crippen LogP contribution is 2.37. The Hall–Kier alpha value is -3.53. The van der Waals surface area contributed by atoms with E-state index in [0.717, 1.165) is 28.6 Å². The van der Waals surface area contributed by atoms with Gasteiger partial charge >= 0.3 is 6.18 Å². The fraction of sp³-hybridized carbons (Fsp3) is 0.136. The summed E-state index contributed by atoms with van der Waals surface area (Å²) in [5.41, 5.74) is -0.434. The normalized spacial score (nSPS) is 16.1. The molecule has 0 fully saturated rings. The van der Waals surface area contributed by atoms with Crippen LogP contribution in [0.25, 0.3) is 0 Å². The maximum absolute atomic E-state index is 13.2. The number of hydrogen-bond donors (Lipinski definition) is 1. The van der Waals surface area contributed by atoms with E-state index in [1.807, 2.05) is 0 Å². The quantitative estimate of drug-likeness (QED) is 0.627. The van der Waals surface area contributed by atoms with Crippen LogP contribution in [0.2, 0.25) is 0 Å². The largest absolute Gasteiger partial charge is 0.476 e. The minimum atomic E-state index is -4.50. The van der Waals surface area contributed by atoms with Gasteiger partial charge in [0.25, 0.3) is 15.9 Å². The van der Waals surface area contributed by atoms with E-state index in [0.29, 0.717) is 0 Å². The van der Waals surface area contributed by atoms with Crippen molar-refractivity contribution in [1.82, 2.24) is 0 Å². The highest BCUT2D eigenvalue weighted by Gasteiger charge is 2.37. The van der Waals surface area contributed by atoms with Gasteiger partial charge in [-0.15, -0.1) is 0 Å². The Morgan fingerprint density at radius 2 is 1.56 bits per heavy atom. The molecule has 3 aromatic carbocycles. The first-order chi connectivity index (χ1) is 15.2. The topological polar surface area (TPSA) is 75.7 Å². The van der Waals surface area contributed by atoms with E-state index in [2.05, 4.69) is 5.32 Å². The van der Waals surface area contributed by atoms with Gasteiger partial charge in [-0.1, -0.05) is 30.3 Å². The van der Waals surface area contributed by atoms with Crippen LogP contribution < -0.4 is 14.4 Å². The monoisotopic (exact) mass is 462 g/mol. The van der Waals surface area contributed by atoms with Gasteiger partial charge in [-0.05, 0) is 48.5 Å². The average molecular weight is 462 g/mol. The van der Waals surface area contributed by atoms with Crippen molar-refractivity contribution in [3.8, 4) is 5.75 Å². The molecule has 4 rings (SSSR count). The number of nitrogens with zero attached hydrogens (tertiary/aromatic N) is 1. The van der Waals surface area contributed by atoms with E-state index in [9.17, 15) is 26.4 Å². The number of para-hydroxylation sites is 2. The molecule has 32 heavy (non-hydrogen) atoms. The number of sulfonamides is 1. The number of hydrogen-bond acceptors (Lipinski definition) is 4. The molecule has 166 valence electrons. The van der Waals surface area contributed by atoms with E-state index < -0.39 is 33.8 Å². The van der Waals surface area contributed by atoms with Gasteiger partial charge in [0.2, 0.25) is 0 Å². The van der Waals surface area contributed by atoms with Crippen LogP contribution in [-0.4, -0.2) is 27.0 Å². The summed E-state index contributed by atoms with van der Waals surface area (Å²) >= 11 is 0. The van der Waals surface area contributed by atoms with Crippen LogP contribution in [0.3, 0.4) is 0 Å². The highest BCUT2D eigenvalue weighted by molar-refractivity contribution is 7.92. The fourth-order valence-corrected chi connectivity index (χ4v) is 4.75. The second-order valence-electron chi connectivity index (χ2n) is 6.99. The zero-order valence-corrected chi connectivity index (χ0v) is 17.2. The summed E-state index contributed by atoms with van der Waals surface area (Å²) in [4.78, 5) is 12.8. The lowest BCUT2D eigenvalue weighted by Gasteiger charge is -2.34. The Kier molecular flexibility index (Phi) is 5.55. The Labute approximate surface area is 182 Å². The number of carbonyl (C=O) groups excluding carboxylic acids is 1.